The Bertz CT molecular complexity index is 1280. The Kier molecular flexibility index (Phi) is 8.28. The number of carboxylic acid groups (broad SMARTS) is 1. The van der Waals surface area contributed by atoms with Gasteiger partial charge in [0.15, 0.2) is 11.1 Å². The summed E-state index contributed by atoms with van der Waals surface area (Å²) in [6, 6.07) is 49.0. The van der Waals surface area contributed by atoms with Gasteiger partial charge in [0.05, 0.1) is 13.1 Å². The van der Waals surface area contributed by atoms with Crippen molar-refractivity contribution in [1.82, 2.24) is 0 Å². The predicted molar refractivity (Wildman–Crippen MR) is 149 cm³/mol. The first-order valence-corrected chi connectivity index (χ1v) is 13.4. The van der Waals surface area contributed by atoms with Crippen LogP contribution in [0.15, 0.2) is 146 Å². The van der Waals surface area contributed by atoms with Crippen LogP contribution in [0.25, 0.3) is 0 Å². The Balaban J connectivity index is 0.000000286. The first-order chi connectivity index (χ1) is 17.7. The van der Waals surface area contributed by atoms with E-state index in [0.29, 0.717) is 0 Å². The zero-order valence-corrected chi connectivity index (χ0v) is 20.9. The third kappa shape index (κ3) is 5.22. The van der Waals surface area contributed by atoms with Crippen molar-refractivity contribution in [1.29, 1.82) is 0 Å². The van der Waals surface area contributed by atoms with E-state index in [4.69, 9.17) is 4.74 Å². The van der Waals surface area contributed by atoms with E-state index < -0.39 is 13.2 Å². The highest BCUT2D eigenvalue weighted by atomic mass is 31.2. The molecule has 0 aliphatic carbocycles. The van der Waals surface area contributed by atoms with Crippen molar-refractivity contribution >= 4 is 34.4 Å². The van der Waals surface area contributed by atoms with Gasteiger partial charge >= 0.3 is 0 Å². The molecule has 0 aliphatic heterocycles. The van der Waals surface area contributed by atoms with Crippen LogP contribution in [0.1, 0.15) is 10.4 Å². The Morgan fingerprint density at radius 2 is 0.917 bits per heavy atom. The fourth-order valence-corrected chi connectivity index (χ4v) is 8.69. The van der Waals surface area contributed by atoms with E-state index in [1.54, 1.807) is 25.3 Å². The molecule has 36 heavy (non-hydrogen) atoms. The first kappa shape index (κ1) is 24.9. The number of aromatic carboxylic acids is 1. The molecule has 0 N–H and O–H groups in total. The van der Waals surface area contributed by atoms with Gasteiger partial charge in [-0.1, -0.05) is 97.1 Å². The number of methoxy groups -OCH3 is 1. The van der Waals surface area contributed by atoms with Gasteiger partial charge < -0.3 is 14.6 Å². The molecule has 0 fully saturated rings. The van der Waals surface area contributed by atoms with Gasteiger partial charge in [0.2, 0.25) is 0 Å². The van der Waals surface area contributed by atoms with Crippen molar-refractivity contribution in [3.05, 3.63) is 151 Å². The summed E-state index contributed by atoms with van der Waals surface area (Å²) in [6.45, 7) is 0. The van der Waals surface area contributed by atoms with E-state index in [9.17, 15) is 9.90 Å². The fourth-order valence-electron chi connectivity index (χ4n) is 4.30. The molecule has 0 spiro atoms. The monoisotopic (exact) mass is 490 g/mol. The van der Waals surface area contributed by atoms with Gasteiger partial charge in [-0.05, 0) is 54.1 Å². The Hall–Kier alpha value is -4.20. The number of hydrogen-bond acceptors (Lipinski definition) is 3. The Morgan fingerprint density at radius 1 is 0.556 bits per heavy atom. The van der Waals surface area contributed by atoms with Crippen molar-refractivity contribution in [3.63, 3.8) is 0 Å². The molecule has 3 nitrogen and oxygen atoms in total. The summed E-state index contributed by atoms with van der Waals surface area (Å²) >= 11 is 0. The smallest absolute Gasteiger partial charge is 0.162 e. The number of ether oxygens (including phenoxy) is 1. The van der Waals surface area contributed by atoms with Crippen molar-refractivity contribution in [3.8, 4) is 5.75 Å². The van der Waals surface area contributed by atoms with Crippen molar-refractivity contribution < 1.29 is 14.6 Å². The number of carboxylic acids is 1. The molecule has 0 atom stereocenters. The summed E-state index contributed by atoms with van der Waals surface area (Å²) in [5, 5.41) is 15.3. The van der Waals surface area contributed by atoms with Crippen molar-refractivity contribution in [2.24, 2.45) is 0 Å². The molecule has 0 bridgehead atoms. The highest BCUT2D eigenvalue weighted by molar-refractivity contribution is 8.01. The minimum Gasteiger partial charge on any atom is -0.545 e. The quantitative estimate of drug-likeness (QED) is 0.332. The number of benzene rings is 5. The zero-order valence-electron chi connectivity index (χ0n) is 20.0. The molecule has 0 heterocycles. The summed E-state index contributed by atoms with van der Waals surface area (Å²) in [4.78, 5) is 10.1. The van der Waals surface area contributed by atoms with Crippen LogP contribution in [0.3, 0.4) is 0 Å². The van der Waals surface area contributed by atoms with Crippen LogP contribution in [-0.4, -0.2) is 13.1 Å². The number of para-hydroxylation sites is 1. The molecule has 0 saturated carbocycles. The lowest BCUT2D eigenvalue weighted by molar-refractivity contribution is -0.255. The van der Waals surface area contributed by atoms with Crippen LogP contribution >= 0.6 is 7.26 Å². The molecule has 0 aromatic heterocycles. The van der Waals surface area contributed by atoms with Gasteiger partial charge in [0.25, 0.3) is 0 Å². The molecule has 5 rings (SSSR count). The van der Waals surface area contributed by atoms with Gasteiger partial charge in [-0.2, -0.15) is 0 Å². The maximum absolute atomic E-state index is 10.1. The summed E-state index contributed by atoms with van der Waals surface area (Å²) < 4.78 is 5.84. The molecule has 0 saturated heterocycles. The van der Waals surface area contributed by atoms with Gasteiger partial charge in [-0.15, -0.1) is 0 Å². The third-order valence-corrected chi connectivity index (χ3v) is 10.2. The Labute approximate surface area is 213 Å². The molecule has 178 valence electrons. The molecule has 0 aliphatic rings. The zero-order chi connectivity index (χ0) is 25.2. The average Bonchev–Trinajstić information content (AvgIpc) is 2.96. The van der Waals surface area contributed by atoms with Gasteiger partial charge in [-0.25, -0.2) is 0 Å². The van der Waals surface area contributed by atoms with Crippen LogP contribution in [-0.2, 0) is 0 Å². The minimum atomic E-state index is -2.08. The molecule has 5 aromatic carbocycles. The molecular weight excluding hydrogens is 463 g/mol. The standard InChI is InChI=1S/C25H22OP.C7H6O2/c1-26-24-19-11-12-20-25(24)27(21-13-5-2-6-14-21,22-15-7-3-8-16-22)23-17-9-4-10-18-23;8-7(9)6-4-2-1-3-5-6/h2-20H,1H3;1-5H,(H,8,9)/q+1;/p-1. The number of hydrogen-bond donors (Lipinski definition) is 0. The largest absolute Gasteiger partial charge is 0.545 e. The van der Waals surface area contributed by atoms with Crippen LogP contribution in [0.4, 0.5) is 0 Å². The summed E-state index contributed by atoms with van der Waals surface area (Å²) in [5.41, 5.74) is 0.220. The third-order valence-electron chi connectivity index (χ3n) is 5.89. The van der Waals surface area contributed by atoms with E-state index in [0.717, 1.165) is 5.75 Å². The number of carbonyl (C=O) groups is 1. The fraction of sp³-hybridized carbons (Fsp3) is 0.0312. The lowest BCUT2D eigenvalue weighted by atomic mass is 10.2. The van der Waals surface area contributed by atoms with E-state index >= 15 is 0 Å². The number of rotatable bonds is 6. The summed E-state index contributed by atoms with van der Waals surface area (Å²) in [6.07, 6.45) is 0. The average molecular weight is 491 g/mol. The molecular formula is C32H27O3P. The highest BCUT2D eigenvalue weighted by Gasteiger charge is 2.49. The van der Waals surface area contributed by atoms with E-state index in [2.05, 4.69) is 109 Å². The second kappa shape index (κ2) is 12.0. The van der Waals surface area contributed by atoms with Gasteiger partial charge in [0.1, 0.15) is 23.2 Å². The predicted octanol–water partition coefficient (Wildman–Crippen LogP) is 4.36. The van der Waals surface area contributed by atoms with Gasteiger partial charge in [0, 0.05) is 0 Å². The van der Waals surface area contributed by atoms with Gasteiger partial charge in [-0.3, -0.25) is 0 Å². The van der Waals surface area contributed by atoms with E-state index in [-0.39, 0.29) is 5.56 Å². The van der Waals surface area contributed by atoms with Crippen LogP contribution in [0.2, 0.25) is 0 Å². The van der Waals surface area contributed by atoms with E-state index in [1.165, 1.54) is 33.4 Å². The maximum Gasteiger partial charge on any atom is 0.162 e. The SMILES string of the molecule is COc1ccccc1[P+](c1ccccc1)(c1ccccc1)c1ccccc1.O=C([O-])c1ccccc1. The van der Waals surface area contributed by atoms with Crippen molar-refractivity contribution in [2.45, 2.75) is 0 Å². The van der Waals surface area contributed by atoms with E-state index in [1.807, 2.05) is 6.07 Å². The minimum absolute atomic E-state index is 0.220. The van der Waals surface area contributed by atoms with Crippen LogP contribution in [0, 0.1) is 0 Å². The highest BCUT2D eigenvalue weighted by Crippen LogP contribution is 2.55. The van der Waals surface area contributed by atoms with Crippen molar-refractivity contribution in [2.75, 3.05) is 7.11 Å². The lowest BCUT2D eigenvalue weighted by Crippen LogP contribution is -2.39. The van der Waals surface area contributed by atoms with Crippen LogP contribution in [0.5, 0.6) is 5.75 Å². The summed E-state index contributed by atoms with van der Waals surface area (Å²) in [5.74, 6) is -0.196. The number of carbonyl (C=O) groups excluding carboxylic acids is 1. The normalized spacial score (nSPS) is 10.6. The molecule has 4 heteroatoms. The first-order valence-electron chi connectivity index (χ1n) is 11.6. The molecule has 5 aromatic rings. The summed E-state index contributed by atoms with van der Waals surface area (Å²) in [7, 11) is -0.326. The molecule has 0 unspecified atom stereocenters. The topological polar surface area (TPSA) is 49.4 Å². The maximum atomic E-state index is 10.1. The second-order valence-electron chi connectivity index (χ2n) is 8.00. The lowest BCUT2D eigenvalue weighted by Gasteiger charge is -2.28. The molecule has 0 amide bonds. The second-order valence-corrected chi connectivity index (χ2v) is 11.4. The molecule has 0 radical (unpaired) electrons. The Morgan fingerprint density at radius 3 is 1.28 bits per heavy atom. The van der Waals surface area contributed by atoms with Crippen LogP contribution < -0.4 is 31.1 Å².